The molecule has 0 aromatic carbocycles. The van der Waals surface area contributed by atoms with Crippen molar-refractivity contribution in [3.8, 4) is 0 Å². The van der Waals surface area contributed by atoms with E-state index in [1.807, 2.05) is 0 Å². The summed E-state index contributed by atoms with van der Waals surface area (Å²) >= 11 is 0. The van der Waals surface area contributed by atoms with Gasteiger partial charge in [-0.2, -0.15) is 0 Å². The van der Waals surface area contributed by atoms with Gasteiger partial charge in [0.15, 0.2) is 0 Å². The maximum Gasteiger partial charge on any atom is 0.149 e. The van der Waals surface area contributed by atoms with E-state index in [2.05, 4.69) is 13.8 Å². The largest absolute Gasteiger partial charge is 0.385 e. The summed E-state index contributed by atoms with van der Waals surface area (Å²) in [5.74, 6) is 0.834. The second-order valence-electron chi connectivity index (χ2n) is 4.14. The van der Waals surface area contributed by atoms with Gasteiger partial charge < -0.3 is 10.5 Å². The predicted molar refractivity (Wildman–Crippen MR) is 58.2 cm³/mol. The average Bonchev–Trinajstić information content (AvgIpc) is 2.13. The number of Topliss-reactive ketones (excluding diaryl/α,β-unsaturated/α-hetero) is 1. The van der Waals surface area contributed by atoms with Crippen molar-refractivity contribution in [2.75, 3.05) is 13.7 Å². The van der Waals surface area contributed by atoms with E-state index in [1.165, 1.54) is 0 Å². The van der Waals surface area contributed by atoms with Crippen molar-refractivity contribution in [3.05, 3.63) is 0 Å². The van der Waals surface area contributed by atoms with E-state index in [4.69, 9.17) is 10.5 Å². The third-order valence-electron chi connectivity index (χ3n) is 2.25. The maximum absolute atomic E-state index is 11.4. The summed E-state index contributed by atoms with van der Waals surface area (Å²) in [6, 6.07) is -0.331. The van der Waals surface area contributed by atoms with E-state index in [0.29, 0.717) is 25.4 Å². The first-order valence-corrected chi connectivity index (χ1v) is 5.35. The minimum atomic E-state index is -0.331. The summed E-state index contributed by atoms with van der Waals surface area (Å²) in [6.45, 7) is 4.89. The van der Waals surface area contributed by atoms with Crippen LogP contribution in [-0.2, 0) is 9.53 Å². The van der Waals surface area contributed by atoms with Crippen LogP contribution in [0.15, 0.2) is 0 Å². The Morgan fingerprint density at radius 3 is 2.50 bits per heavy atom. The molecule has 0 aromatic heterocycles. The van der Waals surface area contributed by atoms with E-state index in [1.54, 1.807) is 7.11 Å². The molecule has 0 spiro atoms. The lowest BCUT2D eigenvalue weighted by Gasteiger charge is -2.10. The molecule has 0 amide bonds. The zero-order chi connectivity index (χ0) is 11.0. The fraction of sp³-hybridized carbons (Fsp3) is 0.909. The van der Waals surface area contributed by atoms with Crippen LogP contribution in [0.25, 0.3) is 0 Å². The van der Waals surface area contributed by atoms with Crippen molar-refractivity contribution < 1.29 is 9.53 Å². The number of methoxy groups -OCH3 is 1. The molecule has 14 heavy (non-hydrogen) atoms. The van der Waals surface area contributed by atoms with Gasteiger partial charge in [0.25, 0.3) is 0 Å². The third kappa shape index (κ3) is 7.04. The number of hydrogen-bond acceptors (Lipinski definition) is 3. The molecule has 0 radical (unpaired) electrons. The molecule has 0 aromatic rings. The number of nitrogens with two attached hydrogens (primary N) is 1. The molecular weight excluding hydrogens is 178 g/mol. The molecule has 0 aliphatic rings. The van der Waals surface area contributed by atoms with Gasteiger partial charge in [0.1, 0.15) is 5.78 Å². The van der Waals surface area contributed by atoms with Crippen molar-refractivity contribution in [1.82, 2.24) is 0 Å². The van der Waals surface area contributed by atoms with Crippen LogP contribution in [0.3, 0.4) is 0 Å². The summed E-state index contributed by atoms with van der Waals surface area (Å²) in [6.07, 6.45) is 3.31. The Balaban J connectivity index is 3.52. The Kier molecular flexibility index (Phi) is 7.71. The van der Waals surface area contributed by atoms with Crippen molar-refractivity contribution in [2.24, 2.45) is 11.7 Å². The smallest absolute Gasteiger partial charge is 0.149 e. The number of carbonyl (C=O) groups is 1. The highest BCUT2D eigenvalue weighted by molar-refractivity contribution is 5.83. The molecule has 0 saturated heterocycles. The van der Waals surface area contributed by atoms with E-state index < -0.39 is 0 Å². The average molecular weight is 201 g/mol. The third-order valence-corrected chi connectivity index (χ3v) is 2.25. The fourth-order valence-corrected chi connectivity index (χ4v) is 1.28. The van der Waals surface area contributed by atoms with Crippen LogP contribution in [0.5, 0.6) is 0 Å². The van der Waals surface area contributed by atoms with Gasteiger partial charge in [0, 0.05) is 20.1 Å². The molecule has 1 atom stereocenters. The molecule has 0 aliphatic heterocycles. The molecule has 3 heteroatoms. The molecule has 0 bridgehead atoms. The highest BCUT2D eigenvalue weighted by Gasteiger charge is 2.12. The molecule has 1 unspecified atom stereocenters. The van der Waals surface area contributed by atoms with Crippen LogP contribution in [0.4, 0.5) is 0 Å². The van der Waals surface area contributed by atoms with Crippen LogP contribution < -0.4 is 5.73 Å². The second-order valence-corrected chi connectivity index (χ2v) is 4.14. The second kappa shape index (κ2) is 7.94. The lowest BCUT2D eigenvalue weighted by atomic mass is 10.0. The Morgan fingerprint density at radius 1 is 1.36 bits per heavy atom. The maximum atomic E-state index is 11.4. The number of rotatable bonds is 8. The van der Waals surface area contributed by atoms with Gasteiger partial charge in [0.2, 0.25) is 0 Å². The lowest BCUT2D eigenvalue weighted by molar-refractivity contribution is -0.120. The first-order valence-electron chi connectivity index (χ1n) is 5.35. The number of ketones is 1. The van der Waals surface area contributed by atoms with Gasteiger partial charge in [-0.1, -0.05) is 20.3 Å². The molecule has 2 N–H and O–H groups in total. The van der Waals surface area contributed by atoms with Crippen LogP contribution in [0.2, 0.25) is 0 Å². The Labute approximate surface area is 87.0 Å². The fourth-order valence-electron chi connectivity index (χ4n) is 1.28. The standard InChI is InChI=1S/C11H23NO2/c1-9(2)5-4-6-11(13)10(12)7-8-14-3/h9-10H,4-8,12H2,1-3H3. The lowest BCUT2D eigenvalue weighted by Crippen LogP contribution is -2.31. The zero-order valence-corrected chi connectivity index (χ0v) is 9.58. The van der Waals surface area contributed by atoms with Crippen LogP contribution in [0.1, 0.15) is 39.5 Å². The zero-order valence-electron chi connectivity index (χ0n) is 9.58. The molecule has 0 heterocycles. The molecule has 84 valence electrons. The Morgan fingerprint density at radius 2 is 2.00 bits per heavy atom. The minimum Gasteiger partial charge on any atom is -0.385 e. The van der Waals surface area contributed by atoms with E-state index in [-0.39, 0.29) is 11.8 Å². The molecular formula is C11H23NO2. The van der Waals surface area contributed by atoms with Crippen LogP contribution in [-0.4, -0.2) is 25.5 Å². The van der Waals surface area contributed by atoms with Crippen molar-refractivity contribution in [2.45, 2.75) is 45.6 Å². The highest BCUT2D eigenvalue weighted by atomic mass is 16.5. The Hall–Kier alpha value is -0.410. The van der Waals surface area contributed by atoms with Gasteiger partial charge in [-0.25, -0.2) is 0 Å². The van der Waals surface area contributed by atoms with Gasteiger partial charge >= 0.3 is 0 Å². The molecule has 3 nitrogen and oxygen atoms in total. The summed E-state index contributed by atoms with van der Waals surface area (Å²) in [5, 5.41) is 0. The van der Waals surface area contributed by atoms with Gasteiger partial charge in [0.05, 0.1) is 6.04 Å². The summed E-state index contributed by atoms with van der Waals surface area (Å²) < 4.78 is 4.87. The van der Waals surface area contributed by atoms with Crippen molar-refractivity contribution in [3.63, 3.8) is 0 Å². The summed E-state index contributed by atoms with van der Waals surface area (Å²) in [5.41, 5.74) is 5.69. The van der Waals surface area contributed by atoms with E-state index in [9.17, 15) is 4.79 Å². The number of ether oxygens (including phenoxy) is 1. The first-order chi connectivity index (χ1) is 6.57. The molecule has 0 aliphatic carbocycles. The highest BCUT2D eigenvalue weighted by Crippen LogP contribution is 2.08. The SMILES string of the molecule is COCCC(N)C(=O)CCCC(C)C. The minimum absolute atomic E-state index is 0.169. The van der Waals surface area contributed by atoms with Gasteiger partial charge in [-0.15, -0.1) is 0 Å². The van der Waals surface area contributed by atoms with Crippen molar-refractivity contribution >= 4 is 5.78 Å². The quantitative estimate of drug-likeness (QED) is 0.651. The number of hydrogen-bond donors (Lipinski definition) is 1. The summed E-state index contributed by atoms with van der Waals surface area (Å²) in [7, 11) is 1.62. The first kappa shape index (κ1) is 13.6. The molecule has 0 fully saturated rings. The molecule has 0 saturated carbocycles. The normalized spacial score (nSPS) is 13.2. The van der Waals surface area contributed by atoms with Gasteiger partial charge in [-0.05, 0) is 18.8 Å². The topological polar surface area (TPSA) is 52.3 Å². The van der Waals surface area contributed by atoms with Crippen molar-refractivity contribution in [1.29, 1.82) is 0 Å². The van der Waals surface area contributed by atoms with Gasteiger partial charge in [-0.3, -0.25) is 4.79 Å². The number of carbonyl (C=O) groups excluding carboxylic acids is 1. The van der Waals surface area contributed by atoms with Crippen LogP contribution in [0, 0.1) is 5.92 Å². The monoisotopic (exact) mass is 201 g/mol. The van der Waals surface area contributed by atoms with Crippen LogP contribution >= 0.6 is 0 Å². The van der Waals surface area contributed by atoms with E-state index in [0.717, 1.165) is 12.8 Å². The van der Waals surface area contributed by atoms with E-state index >= 15 is 0 Å². The predicted octanol–water partition coefficient (Wildman–Crippen LogP) is 1.75. The molecule has 0 rings (SSSR count). The summed E-state index contributed by atoms with van der Waals surface area (Å²) in [4.78, 5) is 11.4. The Bertz CT molecular complexity index is 157.